The van der Waals surface area contributed by atoms with Gasteiger partial charge in [0.05, 0.1) is 0 Å². The average molecular weight is 421 g/mol. The molecule has 0 aliphatic carbocycles. The molecule has 1 heterocycles. The molecule has 1 amide bonds. The van der Waals surface area contributed by atoms with Crippen molar-refractivity contribution in [1.82, 2.24) is 0 Å². The smallest absolute Gasteiger partial charge is 0.255 e. The summed E-state index contributed by atoms with van der Waals surface area (Å²) in [6, 6.07) is 23.0. The molecule has 1 fully saturated rings. The topological polar surface area (TPSA) is 41.6 Å². The lowest BCUT2D eigenvalue weighted by atomic mass is 10.1. The van der Waals surface area contributed by atoms with Crippen LogP contribution in [0.3, 0.4) is 0 Å². The Morgan fingerprint density at radius 3 is 2.40 bits per heavy atom. The number of piperidine rings is 1. The van der Waals surface area contributed by atoms with Crippen LogP contribution in [-0.2, 0) is 6.61 Å². The number of rotatable bonds is 6. The summed E-state index contributed by atoms with van der Waals surface area (Å²) in [5.41, 5.74) is 3.47. The molecule has 4 nitrogen and oxygen atoms in total. The van der Waals surface area contributed by atoms with Gasteiger partial charge in [0.25, 0.3) is 5.91 Å². The van der Waals surface area contributed by atoms with Gasteiger partial charge in [-0.15, -0.1) is 0 Å². The number of nitrogens with zero attached hydrogens (tertiary/aromatic N) is 1. The van der Waals surface area contributed by atoms with E-state index in [-0.39, 0.29) is 5.91 Å². The first-order valence-electron chi connectivity index (χ1n) is 10.3. The second-order valence-corrected chi connectivity index (χ2v) is 7.94. The van der Waals surface area contributed by atoms with Gasteiger partial charge in [-0.05, 0) is 67.3 Å². The number of carbonyl (C=O) groups is 1. The quantitative estimate of drug-likeness (QED) is 0.519. The molecule has 0 spiro atoms. The van der Waals surface area contributed by atoms with E-state index < -0.39 is 0 Å². The van der Waals surface area contributed by atoms with E-state index in [0.29, 0.717) is 22.9 Å². The highest BCUT2D eigenvalue weighted by Gasteiger charge is 2.12. The van der Waals surface area contributed by atoms with Crippen LogP contribution in [0.4, 0.5) is 11.4 Å². The molecule has 0 radical (unpaired) electrons. The molecule has 5 heteroatoms. The summed E-state index contributed by atoms with van der Waals surface area (Å²) >= 11 is 6.22. The van der Waals surface area contributed by atoms with E-state index in [1.54, 1.807) is 18.2 Å². The molecule has 0 saturated carbocycles. The van der Waals surface area contributed by atoms with Gasteiger partial charge in [-0.25, -0.2) is 0 Å². The van der Waals surface area contributed by atoms with Crippen molar-refractivity contribution >= 4 is 28.9 Å². The van der Waals surface area contributed by atoms with Gasteiger partial charge in [0, 0.05) is 35.1 Å². The number of amides is 1. The van der Waals surface area contributed by atoms with Crippen molar-refractivity contribution in [1.29, 1.82) is 0 Å². The van der Waals surface area contributed by atoms with E-state index in [2.05, 4.69) is 22.3 Å². The molecule has 0 atom stereocenters. The predicted molar refractivity (Wildman–Crippen MR) is 123 cm³/mol. The predicted octanol–water partition coefficient (Wildman–Crippen LogP) is 6.16. The molecule has 1 aliphatic rings. The first-order valence-corrected chi connectivity index (χ1v) is 10.7. The Bertz CT molecular complexity index is 984. The third kappa shape index (κ3) is 5.33. The van der Waals surface area contributed by atoms with Crippen LogP contribution in [-0.4, -0.2) is 19.0 Å². The van der Waals surface area contributed by atoms with Gasteiger partial charge >= 0.3 is 0 Å². The van der Waals surface area contributed by atoms with Crippen molar-refractivity contribution in [2.45, 2.75) is 25.9 Å². The van der Waals surface area contributed by atoms with Crippen LogP contribution in [0.15, 0.2) is 72.8 Å². The summed E-state index contributed by atoms with van der Waals surface area (Å²) in [6.45, 7) is 2.61. The van der Waals surface area contributed by atoms with Crippen molar-refractivity contribution in [3.05, 3.63) is 88.9 Å². The highest BCUT2D eigenvalue weighted by Crippen LogP contribution is 2.25. The minimum absolute atomic E-state index is 0.215. The Labute approximate surface area is 182 Å². The van der Waals surface area contributed by atoms with Crippen LogP contribution in [0.1, 0.15) is 35.2 Å². The minimum Gasteiger partial charge on any atom is -0.489 e. The van der Waals surface area contributed by atoms with Gasteiger partial charge in [-0.2, -0.15) is 0 Å². The molecule has 1 aliphatic heterocycles. The Balaban J connectivity index is 1.40. The van der Waals surface area contributed by atoms with Gasteiger partial charge < -0.3 is 15.0 Å². The Hall–Kier alpha value is -2.98. The normalized spacial score (nSPS) is 13.7. The zero-order valence-electron chi connectivity index (χ0n) is 16.8. The van der Waals surface area contributed by atoms with Crippen molar-refractivity contribution in [2.75, 3.05) is 23.3 Å². The number of halogens is 1. The molecule has 1 saturated heterocycles. The monoisotopic (exact) mass is 420 g/mol. The van der Waals surface area contributed by atoms with E-state index >= 15 is 0 Å². The van der Waals surface area contributed by atoms with Crippen LogP contribution in [0, 0.1) is 0 Å². The molecule has 30 heavy (non-hydrogen) atoms. The molecular formula is C25H25ClN2O2. The lowest BCUT2D eigenvalue weighted by Gasteiger charge is -2.28. The summed E-state index contributed by atoms with van der Waals surface area (Å²) in [6.07, 6.45) is 3.78. The van der Waals surface area contributed by atoms with Crippen molar-refractivity contribution < 1.29 is 9.53 Å². The van der Waals surface area contributed by atoms with Crippen LogP contribution < -0.4 is 15.0 Å². The van der Waals surface area contributed by atoms with E-state index in [1.807, 2.05) is 42.5 Å². The second-order valence-electron chi connectivity index (χ2n) is 7.50. The third-order valence-corrected chi connectivity index (χ3v) is 5.45. The van der Waals surface area contributed by atoms with Crippen LogP contribution in [0.2, 0.25) is 5.02 Å². The van der Waals surface area contributed by atoms with Crippen molar-refractivity contribution in [2.24, 2.45) is 0 Å². The molecule has 0 unspecified atom stereocenters. The number of benzene rings is 3. The van der Waals surface area contributed by atoms with Gasteiger partial charge in [0.1, 0.15) is 12.4 Å². The number of ether oxygens (including phenoxy) is 1. The molecule has 0 bridgehead atoms. The lowest BCUT2D eigenvalue weighted by Crippen LogP contribution is -2.29. The Morgan fingerprint density at radius 1 is 0.933 bits per heavy atom. The fraction of sp³-hybridized carbons (Fsp3) is 0.240. The van der Waals surface area contributed by atoms with E-state index in [9.17, 15) is 4.79 Å². The fourth-order valence-electron chi connectivity index (χ4n) is 3.63. The summed E-state index contributed by atoms with van der Waals surface area (Å²) in [4.78, 5) is 15.1. The first-order chi connectivity index (χ1) is 14.7. The van der Waals surface area contributed by atoms with Crippen LogP contribution in [0.25, 0.3) is 0 Å². The lowest BCUT2D eigenvalue weighted by molar-refractivity contribution is 0.102. The molecular weight excluding hydrogens is 396 g/mol. The van der Waals surface area contributed by atoms with Crippen molar-refractivity contribution in [3.63, 3.8) is 0 Å². The second kappa shape index (κ2) is 9.68. The van der Waals surface area contributed by atoms with Gasteiger partial charge in [-0.1, -0.05) is 41.9 Å². The summed E-state index contributed by atoms with van der Waals surface area (Å²) in [5, 5.41) is 3.41. The molecule has 3 aromatic rings. The molecule has 3 aromatic carbocycles. The average Bonchev–Trinajstić information content (AvgIpc) is 2.79. The van der Waals surface area contributed by atoms with Crippen LogP contribution in [0.5, 0.6) is 5.75 Å². The number of hydrogen-bond donors (Lipinski definition) is 1. The maximum atomic E-state index is 12.7. The minimum atomic E-state index is -0.215. The maximum Gasteiger partial charge on any atom is 0.255 e. The van der Waals surface area contributed by atoms with Gasteiger partial charge in [0.2, 0.25) is 0 Å². The zero-order chi connectivity index (χ0) is 20.8. The van der Waals surface area contributed by atoms with Crippen molar-refractivity contribution in [3.8, 4) is 5.75 Å². The van der Waals surface area contributed by atoms with Gasteiger partial charge in [-0.3, -0.25) is 4.79 Å². The van der Waals surface area contributed by atoms with Crippen LogP contribution >= 0.6 is 11.6 Å². The maximum absolute atomic E-state index is 12.7. The Kier molecular flexibility index (Phi) is 6.55. The van der Waals surface area contributed by atoms with E-state index in [4.69, 9.17) is 16.3 Å². The SMILES string of the molecule is O=C(Nc1ccc(N2CCCCC2)cc1)c1cc(Cl)cc(OCc2ccccc2)c1. The standard InChI is InChI=1S/C25H25ClN2O2/c26-21-15-20(16-24(17-21)30-18-19-7-3-1-4-8-19)25(29)27-22-9-11-23(12-10-22)28-13-5-2-6-14-28/h1,3-4,7-12,15-17H,2,5-6,13-14,18H2,(H,27,29). The molecule has 4 rings (SSSR count). The fourth-order valence-corrected chi connectivity index (χ4v) is 3.85. The summed E-state index contributed by atoms with van der Waals surface area (Å²) in [7, 11) is 0. The molecule has 1 N–H and O–H groups in total. The highest BCUT2D eigenvalue weighted by molar-refractivity contribution is 6.31. The highest BCUT2D eigenvalue weighted by atomic mass is 35.5. The number of anilines is 2. The van der Waals surface area contributed by atoms with Gasteiger partial charge in [0.15, 0.2) is 0 Å². The van der Waals surface area contributed by atoms with E-state index in [1.165, 1.54) is 24.9 Å². The zero-order valence-corrected chi connectivity index (χ0v) is 17.6. The largest absolute Gasteiger partial charge is 0.489 e. The number of carbonyl (C=O) groups excluding carboxylic acids is 1. The Morgan fingerprint density at radius 2 is 1.67 bits per heavy atom. The molecule has 154 valence electrons. The number of hydrogen-bond acceptors (Lipinski definition) is 3. The third-order valence-electron chi connectivity index (χ3n) is 5.23. The first kappa shape index (κ1) is 20.3. The number of nitrogens with one attached hydrogen (secondary N) is 1. The van der Waals surface area contributed by atoms with E-state index in [0.717, 1.165) is 24.3 Å². The summed E-state index contributed by atoms with van der Waals surface area (Å²) < 4.78 is 5.83. The molecule has 0 aromatic heterocycles. The summed E-state index contributed by atoms with van der Waals surface area (Å²) in [5.74, 6) is 0.352.